The lowest BCUT2D eigenvalue weighted by atomic mass is 10.00. The molecule has 1 fully saturated rings. The van der Waals surface area contributed by atoms with Crippen LogP contribution in [0.1, 0.15) is 27.5 Å². The molecule has 2 N–H and O–H groups in total. The lowest BCUT2D eigenvalue weighted by molar-refractivity contribution is -0.596. The lowest BCUT2D eigenvalue weighted by Crippen LogP contribution is -2.42. The zero-order valence-electron chi connectivity index (χ0n) is 15.8. The van der Waals surface area contributed by atoms with E-state index in [1.54, 1.807) is 23.0 Å². The summed E-state index contributed by atoms with van der Waals surface area (Å²) >= 11 is 5.96. The Bertz CT molecular complexity index is 1100. The Morgan fingerprint density at radius 2 is 1.67 bits per heavy atom. The quantitative estimate of drug-likeness (QED) is 0.632. The molecule has 4 rings (SSSR count). The van der Waals surface area contributed by atoms with Gasteiger partial charge in [0.2, 0.25) is 12.3 Å². The third-order valence-corrected chi connectivity index (χ3v) is 5.08. The van der Waals surface area contributed by atoms with Crippen LogP contribution in [-0.4, -0.2) is 28.8 Å². The van der Waals surface area contributed by atoms with Gasteiger partial charge in [0.15, 0.2) is 6.04 Å². The van der Waals surface area contributed by atoms with Gasteiger partial charge in [0.05, 0.1) is 0 Å². The van der Waals surface area contributed by atoms with Crippen molar-refractivity contribution in [3.8, 4) is 0 Å². The second-order valence-corrected chi connectivity index (χ2v) is 7.31. The van der Waals surface area contributed by atoms with E-state index in [9.17, 15) is 14.0 Å². The maximum Gasteiger partial charge on any atom is 0.304 e. The molecule has 0 unspecified atom stereocenters. The normalized spacial score (nSPS) is 19.5. The second kappa shape index (κ2) is 8.47. The van der Waals surface area contributed by atoms with Crippen molar-refractivity contribution in [3.63, 3.8) is 0 Å². The average molecular weight is 423 g/mol. The maximum atomic E-state index is 13.2. The van der Waals surface area contributed by atoms with Crippen LogP contribution in [0.2, 0.25) is 5.02 Å². The van der Waals surface area contributed by atoms with Crippen LogP contribution in [0.5, 0.6) is 0 Å². The van der Waals surface area contributed by atoms with E-state index in [2.05, 4.69) is 10.7 Å². The highest BCUT2D eigenvalue weighted by molar-refractivity contribution is 6.30. The van der Waals surface area contributed by atoms with Crippen molar-refractivity contribution in [3.05, 3.63) is 106 Å². The van der Waals surface area contributed by atoms with E-state index in [4.69, 9.17) is 11.6 Å². The van der Waals surface area contributed by atoms with E-state index >= 15 is 0 Å². The summed E-state index contributed by atoms with van der Waals surface area (Å²) in [5.41, 5.74) is 4.78. The van der Waals surface area contributed by atoms with Crippen LogP contribution < -0.4 is 10.7 Å². The Morgan fingerprint density at radius 3 is 2.33 bits per heavy atom. The van der Waals surface area contributed by atoms with Crippen LogP contribution in [0.3, 0.4) is 0 Å². The molecule has 150 valence electrons. The molecule has 1 aliphatic rings. The number of halogens is 2. The standard InChI is InChI=1S/C23H17ClFN3O2/c24-18-10-6-15(7-11-18)14-28-21(16-4-2-1-3-5-16)20(23(30)27-28)26-22(29)17-8-12-19(25)13-9-17/h1-14,20-21H,(H-,26,27,29,30)/p+1/b28-14-/t20-,21-/m0/s1. The molecule has 3 aromatic carbocycles. The minimum Gasteiger partial charge on any atom is -0.334 e. The van der Waals surface area contributed by atoms with Gasteiger partial charge in [0, 0.05) is 21.7 Å². The molecule has 1 aliphatic heterocycles. The van der Waals surface area contributed by atoms with Crippen LogP contribution in [-0.2, 0) is 4.79 Å². The Labute approximate surface area is 177 Å². The van der Waals surface area contributed by atoms with Crippen molar-refractivity contribution in [2.45, 2.75) is 12.1 Å². The fourth-order valence-electron chi connectivity index (χ4n) is 3.37. The molecule has 1 heterocycles. The number of benzene rings is 3. The molecule has 7 heteroatoms. The van der Waals surface area contributed by atoms with E-state index in [0.717, 1.165) is 11.1 Å². The van der Waals surface area contributed by atoms with E-state index in [-0.39, 0.29) is 11.5 Å². The summed E-state index contributed by atoms with van der Waals surface area (Å²) < 4.78 is 14.8. The zero-order chi connectivity index (χ0) is 21.1. The first-order valence-corrected chi connectivity index (χ1v) is 9.70. The van der Waals surface area contributed by atoms with Crippen LogP contribution in [0.15, 0.2) is 78.9 Å². The number of hydrazine groups is 1. The number of hydrogen-bond acceptors (Lipinski definition) is 2. The number of rotatable bonds is 4. The van der Waals surface area contributed by atoms with Crippen molar-refractivity contribution in [1.29, 1.82) is 0 Å². The monoisotopic (exact) mass is 422 g/mol. The van der Waals surface area contributed by atoms with Crippen molar-refractivity contribution < 1.29 is 18.7 Å². The summed E-state index contributed by atoms with van der Waals surface area (Å²) in [4.78, 5) is 25.4. The molecule has 0 radical (unpaired) electrons. The molecule has 0 bridgehead atoms. The first-order valence-electron chi connectivity index (χ1n) is 9.32. The minimum absolute atomic E-state index is 0.274. The summed E-state index contributed by atoms with van der Waals surface area (Å²) in [6, 6.07) is 20.5. The summed E-state index contributed by atoms with van der Waals surface area (Å²) in [7, 11) is 0. The van der Waals surface area contributed by atoms with Gasteiger partial charge in [-0.2, -0.15) is 0 Å². The van der Waals surface area contributed by atoms with Crippen molar-refractivity contribution in [1.82, 2.24) is 10.7 Å². The summed E-state index contributed by atoms with van der Waals surface area (Å²) in [5.74, 6) is -1.23. The highest BCUT2D eigenvalue weighted by Gasteiger charge is 2.47. The Hall–Kier alpha value is -3.51. The van der Waals surface area contributed by atoms with Gasteiger partial charge in [0.25, 0.3) is 5.91 Å². The predicted octanol–water partition coefficient (Wildman–Crippen LogP) is 3.50. The Kier molecular flexibility index (Phi) is 5.59. The van der Waals surface area contributed by atoms with E-state index in [1.807, 2.05) is 42.5 Å². The second-order valence-electron chi connectivity index (χ2n) is 6.88. The highest BCUT2D eigenvalue weighted by Crippen LogP contribution is 2.25. The van der Waals surface area contributed by atoms with Gasteiger partial charge in [-0.3, -0.25) is 9.59 Å². The number of nitrogens with zero attached hydrogens (tertiary/aromatic N) is 1. The highest BCUT2D eigenvalue weighted by atomic mass is 35.5. The molecule has 30 heavy (non-hydrogen) atoms. The topological polar surface area (TPSA) is 61.2 Å². The van der Waals surface area contributed by atoms with E-state index in [1.165, 1.54) is 24.3 Å². The molecule has 0 aromatic heterocycles. The van der Waals surface area contributed by atoms with Gasteiger partial charge in [-0.1, -0.05) is 41.9 Å². The Balaban J connectivity index is 1.68. The molecule has 0 aliphatic carbocycles. The van der Waals surface area contributed by atoms with E-state index < -0.39 is 23.8 Å². The van der Waals surface area contributed by atoms with Gasteiger partial charge in [-0.15, -0.1) is 10.1 Å². The van der Waals surface area contributed by atoms with Crippen LogP contribution >= 0.6 is 11.6 Å². The molecule has 5 nitrogen and oxygen atoms in total. The van der Waals surface area contributed by atoms with Crippen LogP contribution in [0.25, 0.3) is 0 Å². The minimum atomic E-state index is -0.839. The fourth-order valence-corrected chi connectivity index (χ4v) is 3.49. The van der Waals surface area contributed by atoms with Gasteiger partial charge in [-0.05, 0) is 48.5 Å². The number of hydrazone groups is 1. The van der Waals surface area contributed by atoms with Gasteiger partial charge >= 0.3 is 5.91 Å². The Morgan fingerprint density at radius 1 is 1.00 bits per heavy atom. The molecule has 2 atom stereocenters. The first-order chi connectivity index (χ1) is 14.5. The number of carbonyl (C=O) groups excluding carboxylic acids is 2. The zero-order valence-corrected chi connectivity index (χ0v) is 16.5. The molecule has 0 spiro atoms. The molecule has 3 aromatic rings. The van der Waals surface area contributed by atoms with Crippen molar-refractivity contribution in [2.24, 2.45) is 0 Å². The largest absolute Gasteiger partial charge is 0.334 e. The SMILES string of the molecule is O=C(N[C@@H]1C(=O)N/[N+](=C\c2ccc(Cl)cc2)[C@H]1c1ccccc1)c1ccc(F)cc1. The number of hydrogen-bond donors (Lipinski definition) is 2. The fraction of sp³-hybridized carbons (Fsp3) is 0.0870. The maximum absolute atomic E-state index is 13.2. The van der Waals surface area contributed by atoms with Crippen LogP contribution in [0.4, 0.5) is 4.39 Å². The molecule has 0 saturated carbocycles. The van der Waals surface area contributed by atoms with Gasteiger partial charge in [-0.25, -0.2) is 4.39 Å². The number of carbonyl (C=O) groups is 2. The summed E-state index contributed by atoms with van der Waals surface area (Å²) in [6.45, 7) is 0. The van der Waals surface area contributed by atoms with Gasteiger partial charge in [0.1, 0.15) is 5.82 Å². The van der Waals surface area contributed by atoms with Crippen molar-refractivity contribution >= 4 is 29.6 Å². The summed E-state index contributed by atoms with van der Waals surface area (Å²) in [6.07, 6.45) is 1.79. The van der Waals surface area contributed by atoms with Crippen molar-refractivity contribution in [2.75, 3.05) is 0 Å². The average Bonchev–Trinajstić information content (AvgIpc) is 3.05. The smallest absolute Gasteiger partial charge is 0.304 e. The number of nitrogens with one attached hydrogen (secondary N) is 2. The molecular formula is C23H18ClFN3O2+. The third-order valence-electron chi connectivity index (χ3n) is 4.83. The van der Waals surface area contributed by atoms with Crippen LogP contribution in [0, 0.1) is 5.82 Å². The summed E-state index contributed by atoms with van der Waals surface area (Å²) in [5, 5.41) is 3.39. The third kappa shape index (κ3) is 4.23. The first kappa shape index (κ1) is 19.8. The predicted molar refractivity (Wildman–Crippen MR) is 112 cm³/mol. The molecular weight excluding hydrogens is 405 g/mol. The van der Waals surface area contributed by atoms with Gasteiger partial charge < -0.3 is 5.32 Å². The lowest BCUT2D eigenvalue weighted by Gasteiger charge is -2.14. The molecule has 1 saturated heterocycles. The van der Waals surface area contributed by atoms with E-state index in [0.29, 0.717) is 5.02 Å². The molecule has 2 amide bonds. The number of amides is 2.